The normalized spacial score (nSPS) is 4.40. The smallest absolute Gasteiger partial charge is 0.414 e. The van der Waals surface area contributed by atoms with Crippen molar-refractivity contribution in [3.8, 4) is 0 Å². The molecule has 10 heavy (non-hydrogen) atoms. The number of carbonyl (C=O) groups is 2. The molecule has 0 amide bonds. The Hall–Kier alpha value is -0.0621. The Balaban J connectivity index is -0.0000000208. The molecule has 0 rings (SSSR count). The van der Waals surface area contributed by atoms with E-state index in [-0.39, 0.29) is 46.0 Å². The first kappa shape index (κ1) is 32.6. The molecule has 0 spiro atoms. The van der Waals surface area contributed by atoms with E-state index in [2.05, 4.69) is 0 Å². The van der Waals surface area contributed by atoms with Crippen LogP contribution in [0.15, 0.2) is 0 Å². The third-order valence-electron chi connectivity index (χ3n) is 0.183. The van der Waals surface area contributed by atoms with Crippen molar-refractivity contribution in [1.29, 1.82) is 0 Å². The van der Waals surface area contributed by atoms with Gasteiger partial charge in [0, 0.05) is 35.0 Å². The summed E-state index contributed by atoms with van der Waals surface area (Å²) in [4.78, 5) is 18.2. The van der Waals surface area contributed by atoms with Crippen molar-refractivity contribution in [3.63, 3.8) is 0 Å². The van der Waals surface area contributed by atoms with Crippen molar-refractivity contribution >= 4 is 11.9 Å². The second kappa shape index (κ2) is 16.0. The monoisotopic (exact) mass is 235 g/mol. The zero-order chi connectivity index (χ0) is 5.15. The fourth-order valence-electron chi connectivity index (χ4n) is 0. The van der Waals surface area contributed by atoms with E-state index in [0.29, 0.717) is 0 Å². The third-order valence-corrected chi connectivity index (χ3v) is 0.183. The van der Waals surface area contributed by atoms with E-state index in [1.54, 1.807) is 0 Å². The predicted molar refractivity (Wildman–Crippen MR) is 22.5 cm³/mol. The first-order valence-corrected chi connectivity index (χ1v) is 1.11. The van der Waals surface area contributed by atoms with Crippen molar-refractivity contribution in [3.05, 3.63) is 0 Å². The summed E-state index contributed by atoms with van der Waals surface area (Å²) in [7, 11) is 0. The summed E-state index contributed by atoms with van der Waals surface area (Å²) in [6, 6.07) is 0. The van der Waals surface area contributed by atoms with Gasteiger partial charge in [0.15, 0.2) is 0 Å². The molecule has 0 bridgehead atoms. The van der Waals surface area contributed by atoms with Gasteiger partial charge in [-0.25, -0.2) is 9.59 Å². The molecule has 0 fully saturated rings. The maximum absolute atomic E-state index is 9.10. The van der Waals surface area contributed by atoms with Gasteiger partial charge in [-0.1, -0.05) is 0 Å². The van der Waals surface area contributed by atoms with E-state index >= 15 is 0 Å². The van der Waals surface area contributed by atoms with E-state index in [1.165, 1.54) is 0 Å². The van der Waals surface area contributed by atoms with Gasteiger partial charge in [0.1, 0.15) is 0 Å². The molecule has 0 saturated heterocycles. The third kappa shape index (κ3) is 24.6. The van der Waals surface area contributed by atoms with E-state index in [4.69, 9.17) is 19.8 Å². The molecule has 0 atom stereocenters. The van der Waals surface area contributed by atoms with Crippen LogP contribution in [-0.2, 0) is 44.6 Å². The summed E-state index contributed by atoms with van der Waals surface area (Å²) in [5.41, 5.74) is 0. The molecule has 0 aromatic heterocycles. The minimum absolute atomic E-state index is 0. The Morgan fingerprint density at radius 2 is 1.00 bits per heavy atom. The Morgan fingerprint density at radius 3 is 1.00 bits per heavy atom. The second-order valence-electron chi connectivity index (χ2n) is 0.610. The number of carboxylic acids is 2. The first-order valence-electron chi connectivity index (χ1n) is 1.11. The van der Waals surface area contributed by atoms with Crippen LogP contribution in [0.25, 0.3) is 0 Å². The van der Waals surface area contributed by atoms with Crippen molar-refractivity contribution in [2.24, 2.45) is 0 Å². The molecule has 0 unspecified atom stereocenters. The summed E-state index contributed by atoms with van der Waals surface area (Å²) >= 11 is 0. The Morgan fingerprint density at radius 1 is 0.900 bits per heavy atom. The number of carboxylic acid groups (broad SMARTS) is 2. The molecular formula is C2H6NiO6V. The van der Waals surface area contributed by atoms with E-state index in [0.717, 1.165) is 0 Å². The summed E-state index contributed by atoms with van der Waals surface area (Å²) in [6.45, 7) is 0. The minimum atomic E-state index is -1.82. The minimum Gasteiger partial charge on any atom is -0.473 e. The van der Waals surface area contributed by atoms with Gasteiger partial charge in [0.2, 0.25) is 0 Å². The van der Waals surface area contributed by atoms with E-state index in [9.17, 15) is 0 Å². The van der Waals surface area contributed by atoms with Crippen LogP contribution in [0.5, 0.6) is 0 Å². The average Bonchev–Trinajstić information content (AvgIpc) is 1.36. The maximum Gasteiger partial charge on any atom is 0.414 e. The maximum atomic E-state index is 9.10. The van der Waals surface area contributed by atoms with Crippen LogP contribution in [0, 0.1) is 0 Å². The average molecular weight is 236 g/mol. The second-order valence-corrected chi connectivity index (χ2v) is 0.610. The molecular weight excluding hydrogens is 230 g/mol. The number of rotatable bonds is 0. The molecule has 0 saturated carbocycles. The van der Waals surface area contributed by atoms with Gasteiger partial charge in [0.25, 0.3) is 0 Å². The van der Waals surface area contributed by atoms with Crippen LogP contribution in [0.1, 0.15) is 0 Å². The van der Waals surface area contributed by atoms with Crippen LogP contribution in [-0.4, -0.2) is 33.1 Å². The molecule has 0 aliphatic carbocycles. The fourth-order valence-corrected chi connectivity index (χ4v) is 0. The molecule has 65 valence electrons. The van der Waals surface area contributed by atoms with Gasteiger partial charge in [-0.3, -0.25) is 0 Å². The van der Waals surface area contributed by atoms with Gasteiger partial charge < -0.3 is 21.2 Å². The predicted octanol–water partition coefficient (Wildman–Crippen LogP) is -2.50. The van der Waals surface area contributed by atoms with Gasteiger partial charge in [0.05, 0.1) is 0 Å². The largest absolute Gasteiger partial charge is 0.473 e. The molecule has 1 radical (unpaired) electrons. The standard InChI is InChI=1S/C2H2O4.Ni.2H2O.V/c3-1(4)2(5)6;;;;/h(H,3,4)(H,5,6);;2*1H2;. The van der Waals surface area contributed by atoms with Crippen molar-refractivity contribution in [2.75, 3.05) is 0 Å². The molecule has 0 aromatic carbocycles. The van der Waals surface area contributed by atoms with E-state index < -0.39 is 11.9 Å². The number of hydrogen-bond acceptors (Lipinski definition) is 2. The Kier molecular flexibility index (Phi) is 52.0. The molecule has 0 heterocycles. The summed E-state index contributed by atoms with van der Waals surface area (Å²) in [5, 5.41) is 14.8. The molecule has 0 aliphatic heterocycles. The summed E-state index contributed by atoms with van der Waals surface area (Å²) in [6.07, 6.45) is 0. The van der Waals surface area contributed by atoms with Crippen LogP contribution in [0.3, 0.4) is 0 Å². The molecule has 0 aromatic rings. The molecule has 6 N–H and O–H groups in total. The van der Waals surface area contributed by atoms with Crippen LogP contribution in [0.2, 0.25) is 0 Å². The van der Waals surface area contributed by atoms with E-state index in [1.807, 2.05) is 0 Å². The van der Waals surface area contributed by atoms with Crippen LogP contribution >= 0.6 is 0 Å². The quantitative estimate of drug-likeness (QED) is 0.354. The molecule has 8 heteroatoms. The SMILES string of the molecule is O.O.O=C(O)C(=O)O.[Ni].[V]. The van der Waals surface area contributed by atoms with Crippen LogP contribution < -0.4 is 0 Å². The number of aliphatic carboxylic acids is 2. The topological polar surface area (TPSA) is 138 Å². The zero-order valence-electron chi connectivity index (χ0n) is 4.47. The summed E-state index contributed by atoms with van der Waals surface area (Å²) in [5.74, 6) is -3.65. The van der Waals surface area contributed by atoms with Gasteiger partial charge in [-0.15, -0.1) is 0 Å². The van der Waals surface area contributed by atoms with Crippen molar-refractivity contribution in [2.45, 2.75) is 0 Å². The first-order chi connectivity index (χ1) is 2.64. The van der Waals surface area contributed by atoms with Crippen molar-refractivity contribution in [1.82, 2.24) is 0 Å². The zero-order valence-corrected chi connectivity index (χ0v) is 6.86. The molecule has 0 aliphatic rings. The van der Waals surface area contributed by atoms with Gasteiger partial charge in [-0.05, 0) is 0 Å². The summed E-state index contributed by atoms with van der Waals surface area (Å²) < 4.78 is 0. The molecule has 6 nitrogen and oxygen atoms in total. The fraction of sp³-hybridized carbons (Fsp3) is 0. The van der Waals surface area contributed by atoms with Crippen molar-refractivity contribution < 1.29 is 65.8 Å². The van der Waals surface area contributed by atoms with Gasteiger partial charge in [-0.2, -0.15) is 0 Å². The Labute approximate surface area is 78.0 Å². The van der Waals surface area contributed by atoms with Gasteiger partial charge >= 0.3 is 11.9 Å². The number of hydrogen-bond donors (Lipinski definition) is 2. The Bertz CT molecular complexity index is 81.7. The van der Waals surface area contributed by atoms with Crippen LogP contribution in [0.4, 0.5) is 0 Å².